The summed E-state index contributed by atoms with van der Waals surface area (Å²) >= 11 is 1.03. The van der Waals surface area contributed by atoms with Gasteiger partial charge in [0.1, 0.15) is 5.76 Å². The number of rotatable bonds is 5. The largest absolute Gasteiger partial charge is 0.481 e. The lowest BCUT2D eigenvalue weighted by atomic mass is 9.99. The molecule has 0 fully saturated rings. The third kappa shape index (κ3) is 3.33. The van der Waals surface area contributed by atoms with Crippen molar-refractivity contribution in [2.45, 2.75) is 18.0 Å². The molecule has 0 atom stereocenters. The van der Waals surface area contributed by atoms with Crippen LogP contribution in [0, 0.1) is 0 Å². The number of aryl methyl sites for hydroxylation is 1. The van der Waals surface area contributed by atoms with Gasteiger partial charge in [-0.2, -0.15) is 4.98 Å². The minimum Gasteiger partial charge on any atom is -0.481 e. The highest BCUT2D eigenvalue weighted by atomic mass is 32.2. The molecule has 0 bridgehead atoms. The maximum Gasteiger partial charge on any atom is 0.313 e. The number of aromatic amines is 1. The highest BCUT2D eigenvalue weighted by Gasteiger charge is 2.17. The first kappa shape index (κ1) is 16.4. The summed E-state index contributed by atoms with van der Waals surface area (Å²) in [4.78, 5) is 26.3. The van der Waals surface area contributed by atoms with Crippen LogP contribution in [0.15, 0.2) is 39.9 Å². The van der Waals surface area contributed by atoms with E-state index in [2.05, 4.69) is 20.5 Å². The minimum absolute atomic E-state index is 0.0347. The molecule has 0 aliphatic carbocycles. The van der Waals surface area contributed by atoms with Gasteiger partial charge in [0.2, 0.25) is 11.1 Å². The number of hydrogen-bond donors (Lipinski definition) is 3. The number of furan rings is 1. The van der Waals surface area contributed by atoms with Gasteiger partial charge in [-0.25, -0.2) is 0 Å². The average molecular weight is 370 g/mol. The fourth-order valence-corrected chi connectivity index (χ4v) is 3.22. The number of benzene rings is 1. The fraction of sp³-hybridized carbons (Fsp3) is 0.176. The lowest BCUT2D eigenvalue weighted by molar-refractivity contribution is -0.133. The molecule has 26 heavy (non-hydrogen) atoms. The Morgan fingerprint density at radius 3 is 2.92 bits per heavy atom. The number of aliphatic carboxylic acids is 1. The molecule has 8 nitrogen and oxygen atoms in total. The maximum atomic E-state index is 11.4. The second kappa shape index (κ2) is 6.68. The van der Waals surface area contributed by atoms with Gasteiger partial charge in [0.25, 0.3) is 0 Å². The normalized spacial score (nSPS) is 13.3. The molecule has 1 aliphatic heterocycles. The van der Waals surface area contributed by atoms with E-state index in [0.29, 0.717) is 35.3 Å². The molecule has 3 N–H and O–H groups in total. The highest BCUT2D eigenvalue weighted by molar-refractivity contribution is 7.99. The average Bonchev–Trinajstić information content (AvgIpc) is 3.28. The molecule has 1 aliphatic rings. The van der Waals surface area contributed by atoms with Crippen LogP contribution >= 0.6 is 11.8 Å². The molecule has 3 aromatic rings. The zero-order valence-electron chi connectivity index (χ0n) is 13.5. The van der Waals surface area contributed by atoms with Crippen LogP contribution in [-0.2, 0) is 16.0 Å². The van der Waals surface area contributed by atoms with Gasteiger partial charge in [0, 0.05) is 17.7 Å². The van der Waals surface area contributed by atoms with Gasteiger partial charge in [0.05, 0.1) is 5.75 Å². The second-order valence-electron chi connectivity index (χ2n) is 5.73. The molecule has 0 spiro atoms. The Hall–Kier alpha value is -3.07. The summed E-state index contributed by atoms with van der Waals surface area (Å²) in [5.74, 6) is 0.635. The van der Waals surface area contributed by atoms with Gasteiger partial charge in [-0.15, -0.1) is 5.10 Å². The Morgan fingerprint density at radius 2 is 2.08 bits per heavy atom. The second-order valence-corrected chi connectivity index (χ2v) is 6.68. The van der Waals surface area contributed by atoms with Crippen LogP contribution in [0.5, 0.6) is 0 Å². The molecular formula is C17H14N4O4S. The molecule has 1 amide bonds. The number of thioether (sulfide) groups is 1. The number of amides is 1. The summed E-state index contributed by atoms with van der Waals surface area (Å²) in [5, 5.41) is 18.6. The molecule has 3 heterocycles. The van der Waals surface area contributed by atoms with Crippen LogP contribution in [0.4, 0.5) is 5.69 Å². The first-order chi connectivity index (χ1) is 12.6. The topological polar surface area (TPSA) is 121 Å². The summed E-state index contributed by atoms with van der Waals surface area (Å²) in [6.45, 7) is 0. The van der Waals surface area contributed by atoms with E-state index in [1.165, 1.54) is 0 Å². The number of carboxylic acid groups (broad SMARTS) is 1. The monoisotopic (exact) mass is 370 g/mol. The molecular weight excluding hydrogens is 356 g/mol. The molecule has 9 heteroatoms. The fourth-order valence-electron chi connectivity index (χ4n) is 2.70. The Kier molecular flexibility index (Phi) is 4.21. The molecule has 1 aromatic carbocycles. The summed E-state index contributed by atoms with van der Waals surface area (Å²) in [6, 6.07) is 9.39. The van der Waals surface area contributed by atoms with Gasteiger partial charge < -0.3 is 14.8 Å². The van der Waals surface area contributed by atoms with Crippen molar-refractivity contribution in [3.05, 3.63) is 35.9 Å². The smallest absolute Gasteiger partial charge is 0.313 e. The molecule has 0 saturated carbocycles. The Balaban J connectivity index is 1.55. The quantitative estimate of drug-likeness (QED) is 0.590. The minimum atomic E-state index is -0.926. The standard InChI is InChI=1S/C17H14N4O4S/c22-14-6-2-9-7-10(1-3-11(9)18-14)12-4-5-13(25-12)16-19-17(21-20-16)26-8-15(23)24/h1,3-5,7H,2,6,8H2,(H,18,22)(H,23,24)(H,19,20,21). The van der Waals surface area contributed by atoms with E-state index in [1.54, 1.807) is 6.07 Å². The number of nitrogens with zero attached hydrogens (tertiary/aromatic N) is 2. The number of anilines is 1. The van der Waals surface area contributed by atoms with Crippen LogP contribution < -0.4 is 5.32 Å². The van der Waals surface area contributed by atoms with Crippen LogP contribution in [0.2, 0.25) is 0 Å². The zero-order chi connectivity index (χ0) is 18.1. The van der Waals surface area contributed by atoms with E-state index in [9.17, 15) is 9.59 Å². The lowest BCUT2D eigenvalue weighted by Crippen LogP contribution is -2.18. The number of carbonyl (C=O) groups is 2. The van der Waals surface area contributed by atoms with E-state index < -0.39 is 5.97 Å². The first-order valence-corrected chi connectivity index (χ1v) is 8.87. The van der Waals surface area contributed by atoms with Crippen molar-refractivity contribution in [1.29, 1.82) is 0 Å². The van der Waals surface area contributed by atoms with Crippen LogP contribution in [0.25, 0.3) is 22.9 Å². The van der Waals surface area contributed by atoms with Crippen molar-refractivity contribution in [3.63, 3.8) is 0 Å². The van der Waals surface area contributed by atoms with Crippen molar-refractivity contribution >= 4 is 29.3 Å². The number of carbonyl (C=O) groups excluding carboxylic acids is 1. The van der Waals surface area contributed by atoms with Gasteiger partial charge in [-0.1, -0.05) is 11.8 Å². The van der Waals surface area contributed by atoms with Crippen LogP contribution in [-0.4, -0.2) is 37.9 Å². The van der Waals surface area contributed by atoms with Crippen LogP contribution in [0.3, 0.4) is 0 Å². The van der Waals surface area contributed by atoms with Crippen molar-refractivity contribution < 1.29 is 19.1 Å². The van der Waals surface area contributed by atoms with Crippen molar-refractivity contribution in [3.8, 4) is 22.9 Å². The number of H-pyrrole nitrogens is 1. The number of carboxylic acids is 1. The van der Waals surface area contributed by atoms with E-state index in [0.717, 1.165) is 28.6 Å². The number of fused-ring (bicyclic) bond motifs is 1. The third-order valence-corrected chi connectivity index (χ3v) is 4.75. The molecule has 132 valence electrons. The van der Waals surface area contributed by atoms with Crippen LogP contribution in [0.1, 0.15) is 12.0 Å². The van der Waals surface area contributed by atoms with Crippen molar-refractivity contribution in [2.24, 2.45) is 0 Å². The highest BCUT2D eigenvalue weighted by Crippen LogP contribution is 2.31. The third-order valence-electron chi connectivity index (χ3n) is 3.91. The van der Waals surface area contributed by atoms with Gasteiger partial charge in [0.15, 0.2) is 11.6 Å². The molecule has 4 rings (SSSR count). The van der Waals surface area contributed by atoms with E-state index in [-0.39, 0.29) is 11.7 Å². The maximum absolute atomic E-state index is 11.4. The summed E-state index contributed by atoms with van der Waals surface area (Å²) in [7, 11) is 0. The predicted octanol–water partition coefficient (Wildman–Crippen LogP) is 2.79. The van der Waals surface area contributed by atoms with Crippen molar-refractivity contribution in [1.82, 2.24) is 15.2 Å². The number of hydrogen-bond acceptors (Lipinski definition) is 6. The number of nitrogens with one attached hydrogen (secondary N) is 2. The summed E-state index contributed by atoms with van der Waals surface area (Å²) < 4.78 is 5.86. The van der Waals surface area contributed by atoms with Gasteiger partial charge >= 0.3 is 5.97 Å². The van der Waals surface area contributed by atoms with E-state index in [1.807, 2.05) is 24.3 Å². The summed E-state index contributed by atoms with van der Waals surface area (Å²) in [6.07, 6.45) is 1.18. The Labute approximate surface area is 152 Å². The zero-order valence-corrected chi connectivity index (χ0v) is 14.3. The summed E-state index contributed by atoms with van der Waals surface area (Å²) in [5.41, 5.74) is 2.82. The van der Waals surface area contributed by atoms with E-state index in [4.69, 9.17) is 9.52 Å². The molecule has 0 saturated heterocycles. The molecule has 2 aromatic heterocycles. The lowest BCUT2D eigenvalue weighted by Gasteiger charge is -2.17. The number of aromatic nitrogens is 3. The van der Waals surface area contributed by atoms with Gasteiger partial charge in [-0.05, 0) is 42.3 Å². The Morgan fingerprint density at radius 1 is 1.23 bits per heavy atom. The molecule has 0 unspecified atom stereocenters. The SMILES string of the molecule is O=C(O)CSc1n[nH]c(-c2ccc(-c3ccc4c(c3)CCC(=O)N4)o2)n1. The predicted molar refractivity (Wildman–Crippen MR) is 94.8 cm³/mol. The molecule has 0 radical (unpaired) electrons. The Bertz CT molecular complexity index is 994. The first-order valence-electron chi connectivity index (χ1n) is 7.89. The van der Waals surface area contributed by atoms with E-state index >= 15 is 0 Å². The van der Waals surface area contributed by atoms with Gasteiger partial charge in [-0.3, -0.25) is 14.7 Å². The van der Waals surface area contributed by atoms with Crippen molar-refractivity contribution in [2.75, 3.05) is 11.1 Å².